The Kier molecular flexibility index (Phi) is 8.08. The molecule has 2 aliphatic carbocycles. The molecule has 0 spiro atoms. The van der Waals surface area contributed by atoms with Crippen molar-refractivity contribution in [3.63, 3.8) is 0 Å². The quantitative estimate of drug-likeness (QED) is 0.517. The second-order valence-corrected chi connectivity index (χ2v) is 9.34. The first-order chi connectivity index (χ1) is 15.3. The molecule has 1 aromatic carbocycles. The van der Waals surface area contributed by atoms with Gasteiger partial charge in [0, 0.05) is 25.4 Å². The number of aryl methyl sites for hydroxylation is 1. The third kappa shape index (κ3) is 6.14. The Labute approximate surface area is 186 Å². The number of carbonyl (C=O) groups excluding carboxylic acids is 1. The van der Waals surface area contributed by atoms with Crippen LogP contribution in [0.1, 0.15) is 101 Å². The minimum Gasteiger partial charge on any atom is -0.335 e. The average Bonchev–Trinajstić information content (AvgIpc) is 3.30. The van der Waals surface area contributed by atoms with Crippen LogP contribution in [-0.4, -0.2) is 37.1 Å². The Morgan fingerprint density at radius 1 is 0.935 bits per heavy atom. The highest BCUT2D eigenvalue weighted by molar-refractivity contribution is 5.76. The molecule has 1 heterocycles. The first-order valence-electron chi connectivity index (χ1n) is 12.4. The standard InChI is InChI=1S/C25H37N5O/c31-25(29(22-14-6-2-7-15-22)20-21-12-4-1-5-13-21)19-11-10-18-24-26-27-28-30(24)23-16-8-3-9-17-23/h1,4-5,12-13,22-23H,2-3,6-11,14-20H2. The van der Waals surface area contributed by atoms with Gasteiger partial charge in [0.25, 0.3) is 0 Å². The molecule has 0 N–H and O–H groups in total. The molecule has 2 aromatic rings. The van der Waals surface area contributed by atoms with Crippen molar-refractivity contribution in [1.29, 1.82) is 0 Å². The Balaban J connectivity index is 1.29. The topological polar surface area (TPSA) is 63.9 Å². The van der Waals surface area contributed by atoms with Crippen LogP contribution < -0.4 is 0 Å². The highest BCUT2D eigenvalue weighted by atomic mass is 16.2. The summed E-state index contributed by atoms with van der Waals surface area (Å²) in [6, 6.07) is 11.3. The maximum absolute atomic E-state index is 13.2. The maximum Gasteiger partial charge on any atom is 0.223 e. The van der Waals surface area contributed by atoms with Gasteiger partial charge in [0.1, 0.15) is 0 Å². The zero-order valence-electron chi connectivity index (χ0n) is 18.8. The Morgan fingerprint density at radius 2 is 1.65 bits per heavy atom. The summed E-state index contributed by atoms with van der Waals surface area (Å²) in [6.45, 7) is 0.740. The Morgan fingerprint density at radius 3 is 2.39 bits per heavy atom. The van der Waals surface area contributed by atoms with E-state index in [4.69, 9.17) is 0 Å². The zero-order valence-corrected chi connectivity index (χ0v) is 18.8. The molecule has 6 nitrogen and oxygen atoms in total. The molecule has 0 unspecified atom stereocenters. The molecular weight excluding hydrogens is 386 g/mol. The number of unbranched alkanes of at least 4 members (excludes halogenated alkanes) is 1. The van der Waals surface area contributed by atoms with E-state index in [-0.39, 0.29) is 0 Å². The van der Waals surface area contributed by atoms with Gasteiger partial charge in [0.15, 0.2) is 5.82 Å². The molecule has 2 fully saturated rings. The van der Waals surface area contributed by atoms with Crippen LogP contribution in [0.3, 0.4) is 0 Å². The lowest BCUT2D eigenvalue weighted by Crippen LogP contribution is -2.40. The van der Waals surface area contributed by atoms with Gasteiger partial charge in [-0.15, -0.1) is 5.10 Å². The molecule has 168 valence electrons. The van der Waals surface area contributed by atoms with Gasteiger partial charge in [0.2, 0.25) is 5.91 Å². The third-order valence-corrected chi connectivity index (χ3v) is 7.05. The van der Waals surface area contributed by atoms with Gasteiger partial charge < -0.3 is 4.90 Å². The van der Waals surface area contributed by atoms with E-state index in [1.165, 1.54) is 56.9 Å². The number of amides is 1. The van der Waals surface area contributed by atoms with Gasteiger partial charge in [-0.2, -0.15) is 0 Å². The van der Waals surface area contributed by atoms with Crippen LogP contribution >= 0.6 is 0 Å². The van der Waals surface area contributed by atoms with E-state index in [0.717, 1.165) is 44.5 Å². The average molecular weight is 424 g/mol. The number of tetrazole rings is 1. The van der Waals surface area contributed by atoms with Crippen LogP contribution in [0.2, 0.25) is 0 Å². The first-order valence-corrected chi connectivity index (χ1v) is 12.4. The van der Waals surface area contributed by atoms with Crippen molar-refractivity contribution < 1.29 is 4.79 Å². The van der Waals surface area contributed by atoms with E-state index in [1.54, 1.807) is 0 Å². The summed E-state index contributed by atoms with van der Waals surface area (Å²) in [5.74, 6) is 1.30. The molecule has 2 saturated carbocycles. The van der Waals surface area contributed by atoms with Crippen LogP contribution in [-0.2, 0) is 17.8 Å². The number of hydrogen-bond donors (Lipinski definition) is 0. The zero-order chi connectivity index (χ0) is 21.3. The maximum atomic E-state index is 13.2. The lowest BCUT2D eigenvalue weighted by atomic mass is 9.93. The number of benzene rings is 1. The molecule has 1 amide bonds. The lowest BCUT2D eigenvalue weighted by molar-refractivity contribution is -0.135. The molecule has 2 aliphatic rings. The summed E-state index contributed by atoms with van der Waals surface area (Å²) in [5, 5.41) is 12.5. The minimum absolute atomic E-state index is 0.308. The fourth-order valence-corrected chi connectivity index (χ4v) is 5.28. The van der Waals surface area contributed by atoms with Gasteiger partial charge in [-0.1, -0.05) is 68.9 Å². The largest absolute Gasteiger partial charge is 0.335 e. The fourth-order valence-electron chi connectivity index (χ4n) is 5.28. The first kappa shape index (κ1) is 22.0. The highest BCUT2D eigenvalue weighted by Crippen LogP contribution is 2.28. The van der Waals surface area contributed by atoms with Gasteiger partial charge in [-0.3, -0.25) is 4.79 Å². The number of aromatic nitrogens is 4. The third-order valence-electron chi connectivity index (χ3n) is 7.05. The molecule has 1 aromatic heterocycles. The molecule has 31 heavy (non-hydrogen) atoms. The molecule has 6 heteroatoms. The van der Waals surface area contributed by atoms with Crippen molar-refractivity contribution in [2.45, 2.75) is 109 Å². The van der Waals surface area contributed by atoms with E-state index in [0.29, 0.717) is 24.4 Å². The number of rotatable bonds is 9. The van der Waals surface area contributed by atoms with E-state index < -0.39 is 0 Å². The number of hydrogen-bond acceptors (Lipinski definition) is 4. The second-order valence-electron chi connectivity index (χ2n) is 9.34. The van der Waals surface area contributed by atoms with E-state index in [1.807, 2.05) is 6.07 Å². The highest BCUT2D eigenvalue weighted by Gasteiger charge is 2.25. The predicted molar refractivity (Wildman–Crippen MR) is 121 cm³/mol. The molecule has 0 bridgehead atoms. The normalized spacial score (nSPS) is 18.2. The Bertz CT molecular complexity index is 793. The van der Waals surface area contributed by atoms with Crippen LogP contribution in [0.5, 0.6) is 0 Å². The molecule has 0 saturated heterocycles. The summed E-state index contributed by atoms with van der Waals surface area (Å²) >= 11 is 0. The van der Waals surface area contributed by atoms with Crippen LogP contribution in [0, 0.1) is 0 Å². The van der Waals surface area contributed by atoms with Crippen molar-refractivity contribution in [3.05, 3.63) is 41.7 Å². The van der Waals surface area contributed by atoms with E-state index in [2.05, 4.69) is 49.4 Å². The van der Waals surface area contributed by atoms with Crippen molar-refractivity contribution in [2.24, 2.45) is 0 Å². The summed E-state index contributed by atoms with van der Waals surface area (Å²) in [7, 11) is 0. The molecule has 0 aliphatic heterocycles. The van der Waals surface area contributed by atoms with E-state index in [9.17, 15) is 4.79 Å². The smallest absolute Gasteiger partial charge is 0.223 e. The van der Waals surface area contributed by atoms with Crippen molar-refractivity contribution in [3.8, 4) is 0 Å². The number of nitrogens with zero attached hydrogens (tertiary/aromatic N) is 5. The summed E-state index contributed by atoms with van der Waals surface area (Å²) in [6.07, 6.45) is 15.7. The monoisotopic (exact) mass is 423 g/mol. The van der Waals surface area contributed by atoms with Crippen LogP contribution in [0.4, 0.5) is 0 Å². The SMILES string of the molecule is O=C(CCCCc1nnnn1C1CCCCC1)N(Cc1ccccc1)C1CCCCC1. The Hall–Kier alpha value is -2.24. The second kappa shape index (κ2) is 11.4. The van der Waals surface area contributed by atoms with Crippen molar-refractivity contribution in [1.82, 2.24) is 25.1 Å². The van der Waals surface area contributed by atoms with Crippen LogP contribution in [0.25, 0.3) is 0 Å². The van der Waals surface area contributed by atoms with Crippen molar-refractivity contribution in [2.75, 3.05) is 0 Å². The molecule has 4 rings (SSSR count). The van der Waals surface area contributed by atoms with Gasteiger partial charge in [0.05, 0.1) is 6.04 Å². The van der Waals surface area contributed by atoms with Crippen LogP contribution in [0.15, 0.2) is 30.3 Å². The predicted octanol–water partition coefficient (Wildman–Crippen LogP) is 5.25. The fraction of sp³-hybridized carbons (Fsp3) is 0.680. The van der Waals surface area contributed by atoms with Gasteiger partial charge >= 0.3 is 0 Å². The van der Waals surface area contributed by atoms with E-state index >= 15 is 0 Å². The lowest BCUT2D eigenvalue weighted by Gasteiger charge is -2.34. The molecule has 0 radical (unpaired) electrons. The van der Waals surface area contributed by atoms with Gasteiger partial charge in [-0.25, -0.2) is 4.68 Å². The summed E-state index contributed by atoms with van der Waals surface area (Å²) in [5.41, 5.74) is 1.23. The molecule has 0 atom stereocenters. The van der Waals surface area contributed by atoms with Gasteiger partial charge in [-0.05, 0) is 54.5 Å². The molecular formula is C25H37N5O. The summed E-state index contributed by atoms with van der Waals surface area (Å²) < 4.78 is 2.06. The number of carbonyl (C=O) groups is 1. The summed E-state index contributed by atoms with van der Waals surface area (Å²) in [4.78, 5) is 15.4. The van der Waals surface area contributed by atoms with Crippen molar-refractivity contribution >= 4 is 5.91 Å². The minimum atomic E-state index is 0.308.